The summed E-state index contributed by atoms with van der Waals surface area (Å²) in [7, 11) is 1.99. The highest BCUT2D eigenvalue weighted by molar-refractivity contribution is 5.49. The number of rotatable bonds is 2. The van der Waals surface area contributed by atoms with Crippen molar-refractivity contribution in [2.24, 2.45) is 0 Å². The van der Waals surface area contributed by atoms with Gasteiger partial charge in [0.2, 0.25) is 0 Å². The molecule has 0 spiro atoms. The zero-order chi connectivity index (χ0) is 12.5. The van der Waals surface area contributed by atoms with Gasteiger partial charge in [0.05, 0.1) is 18.0 Å². The zero-order valence-corrected chi connectivity index (χ0v) is 9.70. The molecule has 0 N–H and O–H groups in total. The highest BCUT2D eigenvalue weighted by Gasteiger charge is 2.26. The fourth-order valence-corrected chi connectivity index (χ4v) is 1.99. The van der Waals surface area contributed by atoms with Crippen molar-refractivity contribution in [2.45, 2.75) is 0 Å². The van der Waals surface area contributed by atoms with Gasteiger partial charge in [0.15, 0.2) is 0 Å². The lowest BCUT2D eigenvalue weighted by Gasteiger charge is -2.46. The molecule has 0 atom stereocenters. The van der Waals surface area contributed by atoms with Crippen LogP contribution < -0.4 is 4.65 Å². The number of hydrogen-bond acceptors (Lipinski definition) is 4. The Morgan fingerprint density at radius 1 is 1.24 bits per heavy atom. The maximum Gasteiger partial charge on any atom is 0.269 e. The summed E-state index contributed by atoms with van der Waals surface area (Å²) in [5.41, 5.74) is 0.623. The molecule has 1 heterocycles. The van der Waals surface area contributed by atoms with Gasteiger partial charge in [0.25, 0.3) is 5.69 Å². The monoisotopic (exact) mass is 237 g/mol. The van der Waals surface area contributed by atoms with E-state index in [9.17, 15) is 15.3 Å². The van der Waals surface area contributed by atoms with Gasteiger partial charge in [-0.1, -0.05) is 0 Å². The molecule has 2 rings (SSSR count). The Bertz CT molecular complexity index is 410. The van der Waals surface area contributed by atoms with Crippen LogP contribution in [0.1, 0.15) is 0 Å². The van der Waals surface area contributed by atoms with E-state index in [1.807, 2.05) is 7.05 Å². The third-order valence-electron chi connectivity index (χ3n) is 3.22. The lowest BCUT2D eigenvalue weighted by molar-refractivity contribution is -0.384. The predicted molar refractivity (Wildman–Crippen MR) is 65.5 cm³/mol. The number of nitrogens with zero attached hydrogens (tertiary/aromatic N) is 3. The second kappa shape index (κ2) is 4.40. The first-order valence-corrected chi connectivity index (χ1v) is 5.53. The minimum Gasteiger partial charge on any atom is -0.627 e. The molecule has 1 aromatic rings. The lowest BCUT2D eigenvalue weighted by Crippen LogP contribution is -2.56. The van der Waals surface area contributed by atoms with E-state index in [-0.39, 0.29) is 10.3 Å². The quantitative estimate of drug-likeness (QED) is 0.337. The number of non-ortho nitro benzene ring substituents is 1. The number of nitro groups is 1. The van der Waals surface area contributed by atoms with Crippen LogP contribution in [0.2, 0.25) is 0 Å². The van der Waals surface area contributed by atoms with E-state index in [0.717, 1.165) is 13.1 Å². The SMILES string of the molecule is CN1CC[N+]([O-])(c2ccc([N+](=O)[O-])cc2)CC1. The highest BCUT2D eigenvalue weighted by atomic mass is 16.6. The lowest BCUT2D eigenvalue weighted by atomic mass is 10.2. The number of hydrogen-bond donors (Lipinski definition) is 0. The molecule has 1 aliphatic rings. The molecule has 0 aromatic heterocycles. The van der Waals surface area contributed by atoms with Gasteiger partial charge in [-0.3, -0.25) is 15.0 Å². The zero-order valence-electron chi connectivity index (χ0n) is 9.70. The first-order chi connectivity index (χ1) is 8.01. The van der Waals surface area contributed by atoms with Crippen molar-refractivity contribution in [3.05, 3.63) is 39.6 Å². The number of hydroxylamine groups is 2. The van der Waals surface area contributed by atoms with Gasteiger partial charge in [-0.15, -0.1) is 0 Å². The predicted octanol–water partition coefficient (Wildman–Crippen LogP) is 1.35. The minimum atomic E-state index is -0.455. The van der Waals surface area contributed by atoms with Gasteiger partial charge in [-0.2, -0.15) is 0 Å². The summed E-state index contributed by atoms with van der Waals surface area (Å²) >= 11 is 0. The van der Waals surface area contributed by atoms with Crippen molar-refractivity contribution in [2.75, 3.05) is 33.2 Å². The molecule has 6 nitrogen and oxygen atoms in total. The molecule has 0 unspecified atom stereocenters. The maximum absolute atomic E-state index is 12.5. The number of likely N-dealkylation sites (N-methyl/N-ethyl adjacent to an activating group) is 1. The molecule has 0 radical (unpaired) electrons. The molecule has 0 bridgehead atoms. The van der Waals surface area contributed by atoms with E-state index in [0.29, 0.717) is 18.8 Å². The summed E-state index contributed by atoms with van der Waals surface area (Å²) in [6.07, 6.45) is 0. The Morgan fingerprint density at radius 2 is 1.76 bits per heavy atom. The number of benzene rings is 1. The molecule has 0 aliphatic carbocycles. The van der Waals surface area contributed by atoms with Crippen molar-refractivity contribution in [3.63, 3.8) is 0 Å². The van der Waals surface area contributed by atoms with Gasteiger partial charge in [0.1, 0.15) is 5.69 Å². The van der Waals surface area contributed by atoms with Crippen LogP contribution in [0.4, 0.5) is 11.4 Å². The topological polar surface area (TPSA) is 69.4 Å². The average Bonchev–Trinajstić information content (AvgIpc) is 2.33. The standard InChI is InChI=1S/C11H15N3O3/c1-12-6-8-14(17,9-7-12)11-4-2-10(3-5-11)13(15)16/h2-5H,6-9H2,1H3. The van der Waals surface area contributed by atoms with E-state index in [1.54, 1.807) is 12.1 Å². The van der Waals surface area contributed by atoms with Gasteiger partial charge in [-0.25, -0.2) is 0 Å². The Hall–Kier alpha value is -1.50. The molecule has 1 aromatic carbocycles. The van der Waals surface area contributed by atoms with E-state index in [1.165, 1.54) is 12.1 Å². The number of nitro benzene ring substituents is 1. The van der Waals surface area contributed by atoms with Crippen LogP contribution in [0.5, 0.6) is 0 Å². The van der Waals surface area contributed by atoms with E-state index >= 15 is 0 Å². The summed E-state index contributed by atoms with van der Waals surface area (Å²) in [5.74, 6) is 0. The number of piperazine rings is 1. The molecule has 1 saturated heterocycles. The first-order valence-electron chi connectivity index (χ1n) is 5.53. The molecule has 6 heteroatoms. The maximum atomic E-state index is 12.5. The van der Waals surface area contributed by atoms with Gasteiger partial charge >= 0.3 is 0 Å². The third kappa shape index (κ3) is 2.44. The number of quaternary nitrogens is 1. The average molecular weight is 237 g/mol. The molecule has 92 valence electrons. The van der Waals surface area contributed by atoms with Gasteiger partial charge < -0.3 is 9.85 Å². The fourth-order valence-electron chi connectivity index (χ4n) is 1.99. The highest BCUT2D eigenvalue weighted by Crippen LogP contribution is 2.26. The molecule has 1 aliphatic heterocycles. The van der Waals surface area contributed by atoms with E-state index in [2.05, 4.69) is 4.90 Å². The van der Waals surface area contributed by atoms with Crippen LogP contribution >= 0.6 is 0 Å². The Balaban J connectivity index is 2.19. The summed E-state index contributed by atoms with van der Waals surface area (Å²) in [6.45, 7) is 2.49. The Kier molecular flexibility index (Phi) is 3.10. The third-order valence-corrected chi connectivity index (χ3v) is 3.22. The van der Waals surface area contributed by atoms with Crippen LogP contribution in [0, 0.1) is 15.3 Å². The van der Waals surface area contributed by atoms with E-state index in [4.69, 9.17) is 0 Å². The van der Waals surface area contributed by atoms with Crippen molar-refractivity contribution in [1.82, 2.24) is 9.55 Å². The summed E-state index contributed by atoms with van der Waals surface area (Å²) in [4.78, 5) is 12.2. The van der Waals surface area contributed by atoms with Gasteiger partial charge in [-0.05, 0) is 7.05 Å². The van der Waals surface area contributed by atoms with Crippen LogP contribution in [-0.2, 0) is 0 Å². The van der Waals surface area contributed by atoms with Crippen molar-refractivity contribution in [3.8, 4) is 0 Å². The largest absolute Gasteiger partial charge is 0.627 e. The first kappa shape index (κ1) is 12.0. The van der Waals surface area contributed by atoms with Crippen molar-refractivity contribution < 1.29 is 4.92 Å². The fraction of sp³-hybridized carbons (Fsp3) is 0.455. The molecular formula is C11H15N3O3. The van der Waals surface area contributed by atoms with Crippen LogP contribution in [0.3, 0.4) is 0 Å². The molecule has 17 heavy (non-hydrogen) atoms. The second-order valence-electron chi connectivity index (χ2n) is 4.41. The summed E-state index contributed by atoms with van der Waals surface area (Å²) in [5, 5.41) is 23.0. The molecule has 0 saturated carbocycles. The second-order valence-corrected chi connectivity index (χ2v) is 4.41. The van der Waals surface area contributed by atoms with E-state index < -0.39 is 4.92 Å². The van der Waals surface area contributed by atoms with Crippen LogP contribution in [0.25, 0.3) is 0 Å². The smallest absolute Gasteiger partial charge is 0.269 e. The Morgan fingerprint density at radius 3 is 2.24 bits per heavy atom. The van der Waals surface area contributed by atoms with Crippen LogP contribution in [0.15, 0.2) is 24.3 Å². The summed E-state index contributed by atoms with van der Waals surface area (Å²) in [6, 6.07) is 5.92. The van der Waals surface area contributed by atoms with Gasteiger partial charge in [0, 0.05) is 37.4 Å². The Labute approximate surface area is 99.4 Å². The molecule has 1 fully saturated rings. The normalized spacial score (nSPS) is 20.1. The van der Waals surface area contributed by atoms with Crippen LogP contribution in [-0.4, -0.2) is 43.0 Å². The minimum absolute atomic E-state index is 0.0227. The van der Waals surface area contributed by atoms with Crippen molar-refractivity contribution >= 4 is 11.4 Å². The molecular weight excluding hydrogens is 222 g/mol. The summed E-state index contributed by atoms with van der Waals surface area (Å²) < 4.78 is -0.387. The molecule has 0 amide bonds. The van der Waals surface area contributed by atoms with Crippen molar-refractivity contribution in [1.29, 1.82) is 0 Å².